The number of ketones is 1. The van der Waals surface area contributed by atoms with E-state index >= 15 is 0 Å². The lowest BCUT2D eigenvalue weighted by Crippen LogP contribution is -2.40. The minimum atomic E-state index is -0.0389. The van der Waals surface area contributed by atoms with Gasteiger partial charge in [0.25, 0.3) is 0 Å². The van der Waals surface area contributed by atoms with Crippen molar-refractivity contribution in [1.82, 2.24) is 14.9 Å². The normalized spacial score (nSPS) is 15.8. The van der Waals surface area contributed by atoms with Crippen LogP contribution in [-0.2, 0) is 4.79 Å². The Bertz CT molecular complexity index is 792. The molecule has 1 fully saturated rings. The zero-order valence-electron chi connectivity index (χ0n) is 15.0. The highest BCUT2D eigenvalue weighted by Gasteiger charge is 2.26. The van der Waals surface area contributed by atoms with Crippen molar-refractivity contribution in [3.63, 3.8) is 0 Å². The van der Waals surface area contributed by atoms with Crippen LogP contribution in [-0.4, -0.2) is 46.2 Å². The van der Waals surface area contributed by atoms with Gasteiger partial charge in [0.2, 0.25) is 5.91 Å². The summed E-state index contributed by atoms with van der Waals surface area (Å²) in [6.07, 6.45) is 3.16. The molecule has 0 unspecified atom stereocenters. The maximum atomic E-state index is 12.5. The summed E-state index contributed by atoms with van der Waals surface area (Å²) in [6, 6.07) is 5.53. The van der Waals surface area contributed by atoms with Gasteiger partial charge in [-0.25, -0.2) is 4.98 Å². The zero-order chi connectivity index (χ0) is 18.7. The Morgan fingerprint density at radius 3 is 2.62 bits per heavy atom. The maximum Gasteiger partial charge on any atom is 0.228 e. The van der Waals surface area contributed by atoms with Gasteiger partial charge in [-0.05, 0) is 73.9 Å². The predicted molar refractivity (Wildman–Crippen MR) is 104 cm³/mol. The molecule has 7 heteroatoms. The monoisotopic (exact) mass is 418 g/mol. The van der Waals surface area contributed by atoms with Gasteiger partial charge < -0.3 is 10.3 Å². The second kappa shape index (κ2) is 8.14. The lowest BCUT2D eigenvalue weighted by molar-refractivity contribution is -0.121. The number of Topliss-reactive ketones (excluding diaryl/α,β-unsaturated/α-hetero) is 1. The fraction of sp³-hybridized carbons (Fsp3) is 0.421. The molecule has 3 heterocycles. The van der Waals surface area contributed by atoms with Gasteiger partial charge in [-0.1, -0.05) is 0 Å². The van der Waals surface area contributed by atoms with Crippen molar-refractivity contribution in [3.8, 4) is 0 Å². The molecule has 0 aromatic carbocycles. The van der Waals surface area contributed by atoms with Crippen LogP contribution in [0.3, 0.4) is 0 Å². The number of carbonyl (C=O) groups is 2. The summed E-state index contributed by atoms with van der Waals surface area (Å²) in [5, 5.41) is 2.87. The topological polar surface area (TPSA) is 78.1 Å². The van der Waals surface area contributed by atoms with E-state index in [4.69, 9.17) is 0 Å². The largest absolute Gasteiger partial charge is 0.362 e. The summed E-state index contributed by atoms with van der Waals surface area (Å²) < 4.78 is 0.876. The summed E-state index contributed by atoms with van der Waals surface area (Å²) in [5.41, 5.74) is 2.69. The van der Waals surface area contributed by atoms with Crippen molar-refractivity contribution >= 4 is 33.4 Å². The third-order valence-electron chi connectivity index (χ3n) is 4.75. The van der Waals surface area contributed by atoms with Crippen LogP contribution in [0.1, 0.15) is 34.6 Å². The number of nitrogens with one attached hydrogen (secondary N) is 2. The standard InChI is InChI=1S/C19H23BrN4O2/c1-12-9-16(13(2)22-12)17(25)11-24-7-5-14(6-8-24)19(26)23-18-4-3-15(20)10-21-18/h3-4,9-10,14,22H,5-8,11H2,1-2H3,(H,21,23,26). The molecule has 0 aliphatic carbocycles. The van der Waals surface area contributed by atoms with Crippen LogP contribution >= 0.6 is 15.9 Å². The minimum Gasteiger partial charge on any atom is -0.362 e. The molecule has 6 nitrogen and oxygen atoms in total. The molecule has 1 aliphatic rings. The van der Waals surface area contributed by atoms with Gasteiger partial charge in [0.15, 0.2) is 5.78 Å². The zero-order valence-corrected chi connectivity index (χ0v) is 16.6. The number of anilines is 1. The van der Waals surface area contributed by atoms with Crippen LogP contribution in [0.25, 0.3) is 0 Å². The second-order valence-corrected chi connectivity index (χ2v) is 7.73. The number of pyridine rings is 1. The second-order valence-electron chi connectivity index (χ2n) is 6.82. The van der Waals surface area contributed by atoms with E-state index in [1.807, 2.05) is 26.0 Å². The van der Waals surface area contributed by atoms with Crippen LogP contribution in [0.4, 0.5) is 5.82 Å². The number of halogens is 1. The van der Waals surface area contributed by atoms with Gasteiger partial charge in [-0.2, -0.15) is 0 Å². The molecule has 0 saturated carbocycles. The quantitative estimate of drug-likeness (QED) is 0.729. The first-order valence-corrected chi connectivity index (χ1v) is 9.56. The highest BCUT2D eigenvalue weighted by atomic mass is 79.9. The van der Waals surface area contributed by atoms with Gasteiger partial charge >= 0.3 is 0 Å². The summed E-state index contributed by atoms with van der Waals surface area (Å²) in [4.78, 5) is 34.4. The number of aromatic amines is 1. The fourth-order valence-electron chi connectivity index (χ4n) is 3.33. The van der Waals surface area contributed by atoms with Crippen LogP contribution < -0.4 is 5.32 Å². The van der Waals surface area contributed by atoms with Crippen molar-refractivity contribution in [1.29, 1.82) is 0 Å². The molecule has 3 rings (SSSR count). The van der Waals surface area contributed by atoms with Crippen molar-refractivity contribution in [2.75, 3.05) is 25.0 Å². The number of rotatable bonds is 5. The predicted octanol–water partition coefficient (Wildman–Crippen LogP) is 3.32. The molecular weight excluding hydrogens is 396 g/mol. The van der Waals surface area contributed by atoms with Gasteiger partial charge in [0.1, 0.15) is 5.82 Å². The number of carbonyl (C=O) groups excluding carboxylic acids is 2. The molecule has 1 saturated heterocycles. The summed E-state index contributed by atoms with van der Waals surface area (Å²) >= 11 is 3.33. The van der Waals surface area contributed by atoms with E-state index in [1.54, 1.807) is 12.3 Å². The van der Waals surface area contributed by atoms with Gasteiger partial charge in [-0.3, -0.25) is 14.5 Å². The molecule has 2 aromatic rings. The smallest absolute Gasteiger partial charge is 0.228 e. The van der Waals surface area contributed by atoms with Crippen LogP contribution in [0, 0.1) is 19.8 Å². The average Bonchev–Trinajstić information content (AvgIpc) is 2.96. The molecule has 0 atom stereocenters. The Morgan fingerprint density at radius 1 is 1.31 bits per heavy atom. The van der Waals surface area contributed by atoms with E-state index in [2.05, 4.69) is 36.1 Å². The molecule has 2 N–H and O–H groups in total. The SMILES string of the molecule is Cc1cc(C(=O)CN2CCC(C(=O)Nc3ccc(Br)cn3)CC2)c(C)[nH]1. The number of likely N-dealkylation sites (tertiary alicyclic amines) is 1. The Morgan fingerprint density at radius 2 is 2.04 bits per heavy atom. The number of hydrogen-bond donors (Lipinski definition) is 2. The highest BCUT2D eigenvalue weighted by molar-refractivity contribution is 9.10. The lowest BCUT2D eigenvalue weighted by Gasteiger charge is -2.30. The number of H-pyrrole nitrogens is 1. The Balaban J connectivity index is 1.49. The molecule has 138 valence electrons. The third kappa shape index (κ3) is 4.59. The van der Waals surface area contributed by atoms with Crippen molar-refractivity contribution in [2.45, 2.75) is 26.7 Å². The van der Waals surface area contributed by atoms with E-state index in [0.29, 0.717) is 12.4 Å². The van der Waals surface area contributed by atoms with E-state index in [1.165, 1.54) is 0 Å². The minimum absolute atomic E-state index is 0.00269. The maximum absolute atomic E-state index is 12.5. The number of hydrogen-bond acceptors (Lipinski definition) is 4. The molecule has 0 bridgehead atoms. The molecule has 2 aromatic heterocycles. The first-order valence-electron chi connectivity index (χ1n) is 8.76. The first-order chi connectivity index (χ1) is 12.4. The molecule has 1 aliphatic heterocycles. The molecule has 0 radical (unpaired) electrons. The Kier molecular flexibility index (Phi) is 5.88. The Hall–Kier alpha value is -1.99. The summed E-state index contributed by atoms with van der Waals surface area (Å²) in [6.45, 7) is 5.78. The highest BCUT2D eigenvalue weighted by Crippen LogP contribution is 2.20. The number of aromatic nitrogens is 2. The van der Waals surface area contributed by atoms with Crippen LogP contribution in [0.15, 0.2) is 28.9 Å². The fourth-order valence-corrected chi connectivity index (χ4v) is 3.57. The lowest BCUT2D eigenvalue weighted by atomic mass is 9.95. The van der Waals surface area contributed by atoms with E-state index in [-0.39, 0.29) is 17.6 Å². The molecular formula is C19H23BrN4O2. The third-order valence-corrected chi connectivity index (χ3v) is 5.22. The number of piperidine rings is 1. The number of aryl methyl sites for hydroxylation is 2. The summed E-state index contributed by atoms with van der Waals surface area (Å²) in [5.74, 6) is 0.661. The molecule has 26 heavy (non-hydrogen) atoms. The van der Waals surface area contributed by atoms with Crippen LogP contribution in [0.2, 0.25) is 0 Å². The Labute approximate surface area is 161 Å². The van der Waals surface area contributed by atoms with Crippen molar-refractivity contribution in [3.05, 3.63) is 45.8 Å². The molecule has 1 amide bonds. The first kappa shape index (κ1) is 18.8. The van der Waals surface area contributed by atoms with Crippen molar-refractivity contribution in [2.24, 2.45) is 5.92 Å². The van der Waals surface area contributed by atoms with E-state index in [9.17, 15) is 9.59 Å². The average molecular weight is 419 g/mol. The van der Waals surface area contributed by atoms with E-state index < -0.39 is 0 Å². The number of amides is 1. The van der Waals surface area contributed by atoms with Gasteiger partial charge in [-0.15, -0.1) is 0 Å². The number of nitrogens with zero attached hydrogens (tertiary/aromatic N) is 2. The van der Waals surface area contributed by atoms with E-state index in [0.717, 1.165) is 47.4 Å². The van der Waals surface area contributed by atoms with Crippen LogP contribution in [0.5, 0.6) is 0 Å². The van der Waals surface area contributed by atoms with Crippen molar-refractivity contribution < 1.29 is 9.59 Å². The van der Waals surface area contributed by atoms with Gasteiger partial charge in [0, 0.05) is 33.5 Å². The van der Waals surface area contributed by atoms with Gasteiger partial charge in [0.05, 0.1) is 6.54 Å². The summed E-state index contributed by atoms with van der Waals surface area (Å²) in [7, 11) is 0. The molecule has 0 spiro atoms.